The van der Waals surface area contributed by atoms with Gasteiger partial charge in [0.15, 0.2) is 0 Å². The van der Waals surface area contributed by atoms with E-state index in [0.717, 1.165) is 35.9 Å². The Morgan fingerprint density at radius 3 is 2.83 bits per heavy atom. The molecule has 0 unspecified atom stereocenters. The number of methoxy groups -OCH3 is 1. The first-order chi connectivity index (χ1) is 11.0. The van der Waals surface area contributed by atoms with Crippen molar-refractivity contribution >= 4 is 22.6 Å². The molecule has 1 aromatic carbocycles. The molecule has 0 bridgehead atoms. The number of carbonyl (C=O) groups excluding carboxylic acids is 1. The van der Waals surface area contributed by atoms with E-state index in [9.17, 15) is 4.79 Å². The summed E-state index contributed by atoms with van der Waals surface area (Å²) in [5.74, 6) is 0. The fourth-order valence-corrected chi connectivity index (χ4v) is 2.83. The number of urea groups is 1. The van der Waals surface area contributed by atoms with Crippen molar-refractivity contribution in [1.82, 2.24) is 15.1 Å². The Bertz CT molecular complexity index is 698. The molecule has 6 nitrogen and oxygen atoms in total. The number of carbonyl (C=O) groups is 1. The van der Waals surface area contributed by atoms with Crippen LogP contribution in [0.2, 0.25) is 0 Å². The molecule has 1 heterocycles. The molecule has 1 saturated carbocycles. The summed E-state index contributed by atoms with van der Waals surface area (Å²) in [4.78, 5) is 12.1. The largest absolute Gasteiger partial charge is 0.376 e. The molecule has 0 radical (unpaired) electrons. The standard InChI is InChI=1S/C17H24N4O2/c1-12(2)21-10-13-9-14(5-6-15(13)20-21)19-16(22)18-11-17(23-3)7-4-8-17/h5-6,9-10,12H,4,7-8,11H2,1-3H3,(H2,18,19,22). The lowest BCUT2D eigenvalue weighted by Gasteiger charge is -2.40. The summed E-state index contributed by atoms with van der Waals surface area (Å²) in [6.45, 7) is 4.72. The number of nitrogens with zero attached hydrogens (tertiary/aromatic N) is 2. The smallest absolute Gasteiger partial charge is 0.319 e. The third-order valence-corrected chi connectivity index (χ3v) is 4.58. The van der Waals surface area contributed by atoms with Gasteiger partial charge in [-0.1, -0.05) is 0 Å². The number of ether oxygens (including phenoxy) is 1. The van der Waals surface area contributed by atoms with Crippen molar-refractivity contribution in [2.24, 2.45) is 0 Å². The van der Waals surface area contributed by atoms with Gasteiger partial charge in [0.2, 0.25) is 0 Å². The van der Waals surface area contributed by atoms with Crippen molar-refractivity contribution in [2.75, 3.05) is 19.0 Å². The Morgan fingerprint density at radius 2 is 2.22 bits per heavy atom. The predicted octanol–water partition coefficient (Wildman–Crippen LogP) is 3.31. The zero-order chi connectivity index (χ0) is 16.4. The quantitative estimate of drug-likeness (QED) is 0.889. The molecule has 1 fully saturated rings. The zero-order valence-corrected chi connectivity index (χ0v) is 13.9. The van der Waals surface area contributed by atoms with E-state index in [4.69, 9.17) is 4.74 Å². The van der Waals surface area contributed by atoms with Crippen molar-refractivity contribution in [1.29, 1.82) is 0 Å². The van der Waals surface area contributed by atoms with Crippen LogP contribution in [0.4, 0.5) is 10.5 Å². The summed E-state index contributed by atoms with van der Waals surface area (Å²) in [5.41, 5.74) is 1.52. The second-order valence-electron chi connectivity index (χ2n) is 6.52. The van der Waals surface area contributed by atoms with Crippen LogP contribution >= 0.6 is 0 Å². The van der Waals surface area contributed by atoms with Crippen molar-refractivity contribution in [2.45, 2.75) is 44.8 Å². The molecule has 0 aliphatic heterocycles. The number of hydrogen-bond donors (Lipinski definition) is 2. The van der Waals surface area contributed by atoms with Gasteiger partial charge in [0, 0.05) is 37.0 Å². The minimum absolute atomic E-state index is 0.167. The third kappa shape index (κ3) is 3.32. The highest BCUT2D eigenvalue weighted by Gasteiger charge is 2.37. The molecule has 0 atom stereocenters. The molecule has 0 saturated heterocycles. The summed E-state index contributed by atoms with van der Waals surface area (Å²) in [7, 11) is 1.71. The highest BCUT2D eigenvalue weighted by atomic mass is 16.5. The lowest BCUT2D eigenvalue weighted by molar-refractivity contribution is -0.0671. The number of hydrogen-bond acceptors (Lipinski definition) is 3. The monoisotopic (exact) mass is 316 g/mol. The fourth-order valence-electron chi connectivity index (χ4n) is 2.83. The van der Waals surface area contributed by atoms with E-state index in [0.29, 0.717) is 12.6 Å². The van der Waals surface area contributed by atoms with Crippen LogP contribution in [0.1, 0.15) is 39.2 Å². The van der Waals surface area contributed by atoms with Crippen LogP contribution in [0, 0.1) is 0 Å². The van der Waals surface area contributed by atoms with Gasteiger partial charge in [0.1, 0.15) is 0 Å². The van der Waals surface area contributed by atoms with Gasteiger partial charge in [-0.25, -0.2) is 4.79 Å². The summed E-state index contributed by atoms with van der Waals surface area (Å²) >= 11 is 0. The van der Waals surface area contributed by atoms with Crippen LogP contribution in [0.5, 0.6) is 0 Å². The zero-order valence-electron chi connectivity index (χ0n) is 13.9. The van der Waals surface area contributed by atoms with Gasteiger partial charge in [-0.15, -0.1) is 0 Å². The van der Waals surface area contributed by atoms with Gasteiger partial charge < -0.3 is 15.4 Å². The van der Waals surface area contributed by atoms with Gasteiger partial charge in [0.05, 0.1) is 11.1 Å². The van der Waals surface area contributed by atoms with Crippen molar-refractivity contribution < 1.29 is 9.53 Å². The number of aromatic nitrogens is 2. The van der Waals surface area contributed by atoms with Crippen LogP contribution in [0.25, 0.3) is 10.9 Å². The minimum Gasteiger partial charge on any atom is -0.376 e. The Morgan fingerprint density at radius 1 is 1.43 bits per heavy atom. The van der Waals surface area contributed by atoms with Gasteiger partial charge in [0.25, 0.3) is 0 Å². The lowest BCUT2D eigenvalue weighted by Crippen LogP contribution is -2.50. The number of nitrogens with one attached hydrogen (secondary N) is 2. The van der Waals surface area contributed by atoms with Gasteiger partial charge in [-0.05, 0) is 51.3 Å². The molecule has 1 aliphatic carbocycles. The van der Waals surface area contributed by atoms with Crippen molar-refractivity contribution in [3.8, 4) is 0 Å². The number of fused-ring (bicyclic) bond motifs is 1. The van der Waals surface area contributed by atoms with Gasteiger partial charge in [-0.2, -0.15) is 5.10 Å². The fraction of sp³-hybridized carbons (Fsp3) is 0.529. The summed E-state index contributed by atoms with van der Waals surface area (Å²) < 4.78 is 7.43. The first kappa shape index (κ1) is 15.8. The number of amides is 2. The van der Waals surface area contributed by atoms with Gasteiger partial charge >= 0.3 is 6.03 Å². The van der Waals surface area contributed by atoms with E-state index in [2.05, 4.69) is 29.6 Å². The highest BCUT2D eigenvalue weighted by Crippen LogP contribution is 2.34. The number of rotatable bonds is 5. The maximum absolute atomic E-state index is 12.1. The molecule has 6 heteroatoms. The molecule has 0 spiro atoms. The maximum atomic E-state index is 12.1. The van der Waals surface area contributed by atoms with Crippen molar-refractivity contribution in [3.05, 3.63) is 24.4 Å². The minimum atomic E-state index is -0.205. The molecular formula is C17H24N4O2. The Labute approximate surface area is 136 Å². The molecule has 2 N–H and O–H groups in total. The van der Waals surface area contributed by atoms with Crippen LogP contribution in [0.3, 0.4) is 0 Å². The number of anilines is 1. The average molecular weight is 316 g/mol. The number of benzene rings is 1. The normalized spacial score (nSPS) is 16.3. The molecule has 1 aromatic heterocycles. The van der Waals surface area contributed by atoms with Crippen LogP contribution < -0.4 is 10.6 Å². The lowest BCUT2D eigenvalue weighted by atomic mass is 9.80. The van der Waals surface area contributed by atoms with Crippen LogP contribution in [-0.2, 0) is 4.74 Å². The van der Waals surface area contributed by atoms with E-state index < -0.39 is 0 Å². The van der Waals surface area contributed by atoms with Crippen LogP contribution in [0.15, 0.2) is 24.4 Å². The second-order valence-corrected chi connectivity index (χ2v) is 6.52. The topological polar surface area (TPSA) is 68.2 Å². The Kier molecular flexibility index (Phi) is 4.26. The van der Waals surface area contributed by atoms with Crippen LogP contribution in [-0.4, -0.2) is 35.1 Å². The Balaban J connectivity index is 1.62. The van der Waals surface area contributed by atoms with E-state index in [1.54, 1.807) is 7.11 Å². The highest BCUT2D eigenvalue weighted by molar-refractivity contribution is 5.92. The van der Waals surface area contributed by atoms with Crippen molar-refractivity contribution in [3.63, 3.8) is 0 Å². The molecular weight excluding hydrogens is 292 g/mol. The predicted molar refractivity (Wildman–Crippen MR) is 90.7 cm³/mol. The third-order valence-electron chi connectivity index (χ3n) is 4.58. The first-order valence-electron chi connectivity index (χ1n) is 8.10. The molecule has 3 rings (SSSR count). The van der Waals surface area contributed by atoms with E-state index in [1.807, 2.05) is 29.1 Å². The Hall–Kier alpha value is -2.08. The van der Waals surface area contributed by atoms with E-state index in [-0.39, 0.29) is 11.6 Å². The molecule has 2 amide bonds. The summed E-state index contributed by atoms with van der Waals surface area (Å²) in [6.07, 6.45) is 5.17. The van der Waals surface area contributed by atoms with E-state index in [1.165, 1.54) is 0 Å². The molecule has 124 valence electrons. The summed E-state index contributed by atoms with van der Waals surface area (Å²) in [6, 6.07) is 5.84. The maximum Gasteiger partial charge on any atom is 0.319 e. The molecule has 2 aromatic rings. The SMILES string of the molecule is COC1(CNC(=O)Nc2ccc3nn(C(C)C)cc3c2)CCC1. The second kappa shape index (κ2) is 6.20. The first-order valence-corrected chi connectivity index (χ1v) is 8.10. The average Bonchev–Trinajstić information content (AvgIpc) is 2.90. The molecule has 23 heavy (non-hydrogen) atoms. The summed E-state index contributed by atoms with van der Waals surface area (Å²) in [5, 5.41) is 11.3. The van der Waals surface area contributed by atoms with E-state index >= 15 is 0 Å². The van der Waals surface area contributed by atoms with Gasteiger partial charge in [-0.3, -0.25) is 4.68 Å². The molecule has 1 aliphatic rings.